The molecular weight excluding hydrogens is 392 g/mol. The normalized spacial score (nSPS) is 16.7. The average molecular weight is 413 g/mol. The first kappa shape index (κ1) is 18.7. The predicted octanol–water partition coefficient (Wildman–Crippen LogP) is 5.65. The number of thioether (sulfide) groups is 1. The molecule has 0 spiro atoms. The molecule has 0 saturated carbocycles. The molecule has 0 bridgehead atoms. The summed E-state index contributed by atoms with van der Waals surface area (Å²) in [6.07, 6.45) is 2.08. The Balaban J connectivity index is 1.67. The van der Waals surface area contributed by atoms with Crippen LogP contribution in [0.5, 0.6) is 0 Å². The van der Waals surface area contributed by atoms with Crippen LogP contribution in [0.3, 0.4) is 0 Å². The van der Waals surface area contributed by atoms with Crippen LogP contribution in [0, 0.1) is 0 Å². The van der Waals surface area contributed by atoms with E-state index in [1.54, 1.807) is 7.05 Å². The number of nitrogens with zero attached hydrogens (tertiary/aromatic N) is 2. The lowest BCUT2D eigenvalue weighted by Gasteiger charge is -2.22. The summed E-state index contributed by atoms with van der Waals surface area (Å²) in [5.41, 5.74) is 4.31. The van der Waals surface area contributed by atoms with E-state index in [1.807, 2.05) is 24.3 Å². The molecule has 1 aliphatic rings. The second kappa shape index (κ2) is 7.50. The molecule has 1 aliphatic heterocycles. The molecule has 4 aromatic rings. The molecule has 0 aliphatic carbocycles. The third-order valence-electron chi connectivity index (χ3n) is 5.64. The zero-order valence-corrected chi connectivity index (χ0v) is 17.3. The third kappa shape index (κ3) is 3.02. The number of benzene rings is 3. The summed E-state index contributed by atoms with van der Waals surface area (Å²) in [7, 11) is 1.55. The number of likely N-dealkylation sites (N-methyl/N-ethyl adjacent to an activating group) is 1. The van der Waals surface area contributed by atoms with Gasteiger partial charge in [0.2, 0.25) is 5.91 Å². The number of amides is 2. The number of carbonyl (C=O) groups excluding carboxylic acids is 2. The van der Waals surface area contributed by atoms with Crippen LogP contribution >= 0.6 is 11.8 Å². The van der Waals surface area contributed by atoms with Gasteiger partial charge in [0, 0.05) is 24.1 Å². The SMILES string of the molecule is CN1C(=O)SC(c2cccc3c2ccn3C(c2ccccc2)c2ccccc2)C1=O. The summed E-state index contributed by atoms with van der Waals surface area (Å²) in [6.45, 7) is 0. The van der Waals surface area contributed by atoms with Crippen LogP contribution in [0.15, 0.2) is 91.1 Å². The number of fused-ring (bicyclic) bond motifs is 1. The highest BCUT2D eigenvalue weighted by Crippen LogP contribution is 2.42. The van der Waals surface area contributed by atoms with Crippen molar-refractivity contribution in [1.82, 2.24) is 9.47 Å². The van der Waals surface area contributed by atoms with Crippen molar-refractivity contribution in [3.05, 3.63) is 108 Å². The summed E-state index contributed by atoms with van der Waals surface area (Å²) in [5, 5.41) is 0.310. The zero-order chi connectivity index (χ0) is 20.7. The first-order chi connectivity index (χ1) is 14.6. The van der Waals surface area contributed by atoms with Gasteiger partial charge in [0.05, 0.1) is 6.04 Å². The van der Waals surface area contributed by atoms with Crippen molar-refractivity contribution >= 4 is 33.8 Å². The van der Waals surface area contributed by atoms with Crippen molar-refractivity contribution in [2.45, 2.75) is 11.3 Å². The maximum absolute atomic E-state index is 12.6. The van der Waals surface area contributed by atoms with Gasteiger partial charge in [-0.15, -0.1) is 0 Å². The number of imide groups is 1. The van der Waals surface area contributed by atoms with Crippen molar-refractivity contribution in [2.75, 3.05) is 7.05 Å². The second-order valence-electron chi connectivity index (χ2n) is 7.39. The fourth-order valence-corrected chi connectivity index (χ4v) is 5.18. The van der Waals surface area contributed by atoms with E-state index in [-0.39, 0.29) is 17.2 Å². The Bertz CT molecular complexity index is 1190. The van der Waals surface area contributed by atoms with Crippen molar-refractivity contribution in [3.63, 3.8) is 0 Å². The van der Waals surface area contributed by atoms with Crippen LogP contribution in [0.25, 0.3) is 10.9 Å². The van der Waals surface area contributed by atoms with Crippen LogP contribution in [-0.2, 0) is 4.79 Å². The van der Waals surface area contributed by atoms with Crippen LogP contribution in [-0.4, -0.2) is 27.7 Å². The molecular formula is C25H20N2O2S. The van der Waals surface area contributed by atoms with Gasteiger partial charge >= 0.3 is 0 Å². The summed E-state index contributed by atoms with van der Waals surface area (Å²) < 4.78 is 2.25. The lowest BCUT2D eigenvalue weighted by Crippen LogP contribution is -2.24. The van der Waals surface area contributed by atoms with Gasteiger partial charge in [-0.05, 0) is 40.6 Å². The quantitative estimate of drug-likeness (QED) is 0.435. The van der Waals surface area contributed by atoms with E-state index in [4.69, 9.17) is 0 Å². The van der Waals surface area contributed by atoms with Crippen LogP contribution < -0.4 is 0 Å². The van der Waals surface area contributed by atoms with Crippen molar-refractivity contribution in [1.29, 1.82) is 0 Å². The Hall–Kier alpha value is -3.31. The molecule has 1 saturated heterocycles. The van der Waals surface area contributed by atoms with Gasteiger partial charge in [-0.1, -0.05) is 72.8 Å². The molecule has 1 fully saturated rings. The molecule has 0 N–H and O–H groups in total. The van der Waals surface area contributed by atoms with E-state index in [9.17, 15) is 9.59 Å². The highest BCUT2D eigenvalue weighted by molar-refractivity contribution is 8.15. The van der Waals surface area contributed by atoms with Crippen molar-refractivity contribution in [2.24, 2.45) is 0 Å². The summed E-state index contributed by atoms with van der Waals surface area (Å²) >= 11 is 1.09. The van der Waals surface area contributed by atoms with E-state index in [2.05, 4.69) is 71.4 Å². The Kier molecular flexibility index (Phi) is 4.68. The third-order valence-corrected chi connectivity index (χ3v) is 6.80. The van der Waals surface area contributed by atoms with Gasteiger partial charge in [0.1, 0.15) is 5.25 Å². The molecule has 1 unspecified atom stereocenters. The molecule has 30 heavy (non-hydrogen) atoms. The summed E-state index contributed by atoms with van der Waals surface area (Å²) in [4.78, 5) is 25.9. The van der Waals surface area contributed by atoms with Gasteiger partial charge in [0.25, 0.3) is 5.24 Å². The number of hydrogen-bond donors (Lipinski definition) is 0. The molecule has 4 nitrogen and oxygen atoms in total. The first-order valence-corrected chi connectivity index (χ1v) is 10.7. The molecule has 0 radical (unpaired) electrons. The van der Waals surface area contributed by atoms with E-state index < -0.39 is 5.25 Å². The van der Waals surface area contributed by atoms with E-state index >= 15 is 0 Å². The van der Waals surface area contributed by atoms with Crippen LogP contribution in [0.4, 0.5) is 4.79 Å². The second-order valence-corrected chi connectivity index (χ2v) is 8.44. The van der Waals surface area contributed by atoms with Crippen molar-refractivity contribution in [3.8, 4) is 0 Å². The zero-order valence-electron chi connectivity index (χ0n) is 16.4. The Morgan fingerprint density at radius 1 is 0.800 bits per heavy atom. The lowest BCUT2D eigenvalue weighted by atomic mass is 9.98. The number of aromatic nitrogens is 1. The van der Waals surface area contributed by atoms with E-state index in [0.29, 0.717) is 0 Å². The van der Waals surface area contributed by atoms with E-state index in [0.717, 1.165) is 28.2 Å². The molecule has 5 heteroatoms. The molecule has 2 amide bonds. The van der Waals surface area contributed by atoms with Crippen LogP contribution in [0.2, 0.25) is 0 Å². The fourth-order valence-electron chi connectivity index (χ4n) is 4.14. The number of hydrogen-bond acceptors (Lipinski definition) is 3. The fraction of sp³-hybridized carbons (Fsp3) is 0.120. The minimum absolute atomic E-state index is 0.0105. The minimum Gasteiger partial charge on any atom is -0.336 e. The highest BCUT2D eigenvalue weighted by atomic mass is 32.2. The van der Waals surface area contributed by atoms with E-state index in [1.165, 1.54) is 16.0 Å². The minimum atomic E-state index is -0.492. The first-order valence-electron chi connectivity index (χ1n) is 9.82. The number of carbonyl (C=O) groups is 2. The Morgan fingerprint density at radius 2 is 1.43 bits per heavy atom. The molecule has 3 aromatic carbocycles. The van der Waals surface area contributed by atoms with Gasteiger partial charge in [-0.2, -0.15) is 0 Å². The maximum atomic E-state index is 12.6. The largest absolute Gasteiger partial charge is 0.336 e. The smallest absolute Gasteiger partial charge is 0.289 e. The van der Waals surface area contributed by atoms with Crippen molar-refractivity contribution < 1.29 is 9.59 Å². The molecule has 2 heterocycles. The average Bonchev–Trinajstić information content (AvgIpc) is 3.32. The Morgan fingerprint density at radius 3 is 2.00 bits per heavy atom. The molecule has 148 valence electrons. The van der Waals surface area contributed by atoms with Gasteiger partial charge in [-0.3, -0.25) is 14.5 Å². The lowest BCUT2D eigenvalue weighted by molar-refractivity contribution is -0.125. The molecule has 1 aromatic heterocycles. The number of rotatable bonds is 4. The standard InChI is InChI=1S/C25H20N2O2S/c1-26-24(28)23(30-25(26)29)20-13-8-14-21-19(20)15-16-27(21)22(17-9-4-2-5-10-17)18-11-6-3-7-12-18/h2-16,22-23H,1H3. The van der Waals surface area contributed by atoms with Gasteiger partial charge in [-0.25, -0.2) is 0 Å². The monoisotopic (exact) mass is 412 g/mol. The van der Waals surface area contributed by atoms with Crippen LogP contribution in [0.1, 0.15) is 28.0 Å². The topological polar surface area (TPSA) is 42.3 Å². The molecule has 1 atom stereocenters. The molecule has 5 rings (SSSR count). The van der Waals surface area contributed by atoms with Gasteiger partial charge in [0.15, 0.2) is 0 Å². The summed E-state index contributed by atoms with van der Waals surface area (Å²) in [6, 6.07) is 28.9. The highest BCUT2D eigenvalue weighted by Gasteiger charge is 2.39. The Labute approximate surface area is 179 Å². The maximum Gasteiger partial charge on any atom is 0.289 e. The predicted molar refractivity (Wildman–Crippen MR) is 121 cm³/mol. The van der Waals surface area contributed by atoms with Gasteiger partial charge < -0.3 is 4.57 Å². The summed E-state index contributed by atoms with van der Waals surface area (Å²) in [5.74, 6) is -0.159.